The third-order valence-corrected chi connectivity index (χ3v) is 2.80. The summed E-state index contributed by atoms with van der Waals surface area (Å²) in [6, 6.07) is 10.1. The van der Waals surface area contributed by atoms with Crippen LogP contribution in [0.1, 0.15) is 37.2 Å². The Balaban J connectivity index is 2.07. The molecule has 0 N–H and O–H groups in total. The predicted octanol–water partition coefficient (Wildman–Crippen LogP) is 3.78. The molecule has 0 atom stereocenters. The van der Waals surface area contributed by atoms with Gasteiger partial charge in [0.15, 0.2) is 0 Å². The van der Waals surface area contributed by atoms with Gasteiger partial charge in [-0.05, 0) is 56.4 Å². The Labute approximate surface area is 120 Å². The van der Waals surface area contributed by atoms with Crippen molar-refractivity contribution in [2.75, 3.05) is 0 Å². The third-order valence-electron chi connectivity index (χ3n) is 2.80. The lowest BCUT2D eigenvalue weighted by Gasteiger charge is -1.99. The Hall–Kier alpha value is -2.40. The first-order chi connectivity index (χ1) is 9.74. The van der Waals surface area contributed by atoms with Crippen LogP contribution in [-0.4, -0.2) is 9.97 Å². The van der Waals surface area contributed by atoms with Gasteiger partial charge in [0, 0.05) is 18.0 Å². The molecule has 0 fully saturated rings. The lowest BCUT2D eigenvalue weighted by Crippen LogP contribution is -1.87. The molecule has 0 amide bonds. The van der Waals surface area contributed by atoms with Crippen LogP contribution in [0.25, 0.3) is 0 Å². The summed E-state index contributed by atoms with van der Waals surface area (Å²) in [5.41, 5.74) is 3.68. The summed E-state index contributed by atoms with van der Waals surface area (Å²) in [5, 5.41) is 0. The molecule has 0 radical (unpaired) electrons. The molecule has 100 valence electrons. The molecule has 0 spiro atoms. The highest BCUT2D eigenvalue weighted by molar-refractivity contribution is 5.40. The summed E-state index contributed by atoms with van der Waals surface area (Å²) >= 11 is 0. The van der Waals surface area contributed by atoms with Crippen molar-refractivity contribution in [2.45, 2.75) is 26.7 Å². The minimum atomic E-state index is 0.558. The average molecular weight is 262 g/mol. The van der Waals surface area contributed by atoms with Gasteiger partial charge in [-0.2, -0.15) is 0 Å². The Morgan fingerprint density at radius 1 is 1.10 bits per heavy atom. The van der Waals surface area contributed by atoms with E-state index in [2.05, 4.69) is 53.9 Å². The van der Waals surface area contributed by atoms with Crippen molar-refractivity contribution in [3.05, 3.63) is 71.3 Å². The van der Waals surface area contributed by atoms with Gasteiger partial charge in [0.2, 0.25) is 5.82 Å². The van der Waals surface area contributed by atoms with Gasteiger partial charge in [-0.1, -0.05) is 29.7 Å². The van der Waals surface area contributed by atoms with E-state index in [4.69, 9.17) is 0 Å². The number of allylic oxidation sites excluding steroid dienone is 2. The average Bonchev–Trinajstić information content (AvgIpc) is 2.46. The van der Waals surface area contributed by atoms with Crippen LogP contribution in [0, 0.1) is 11.8 Å². The van der Waals surface area contributed by atoms with Crippen molar-refractivity contribution < 1.29 is 0 Å². The molecule has 2 aromatic rings. The zero-order valence-electron chi connectivity index (χ0n) is 11.9. The van der Waals surface area contributed by atoms with Crippen molar-refractivity contribution in [1.82, 2.24) is 9.97 Å². The second-order valence-electron chi connectivity index (χ2n) is 4.84. The van der Waals surface area contributed by atoms with Crippen LogP contribution in [-0.2, 0) is 6.42 Å². The van der Waals surface area contributed by atoms with Crippen LogP contribution in [0.15, 0.2) is 54.4 Å². The van der Waals surface area contributed by atoms with Crippen molar-refractivity contribution in [1.29, 1.82) is 0 Å². The summed E-state index contributed by atoms with van der Waals surface area (Å²) < 4.78 is 0. The Kier molecular flexibility index (Phi) is 5.08. The molecule has 0 unspecified atom stereocenters. The normalized spacial score (nSPS) is 9.50. The second-order valence-corrected chi connectivity index (χ2v) is 4.84. The van der Waals surface area contributed by atoms with Crippen LogP contribution >= 0.6 is 0 Å². The third kappa shape index (κ3) is 4.70. The molecule has 1 heterocycles. The summed E-state index contributed by atoms with van der Waals surface area (Å²) in [6.07, 6.45) is 7.78. The summed E-state index contributed by atoms with van der Waals surface area (Å²) in [5.74, 6) is 6.65. The molecule has 1 aromatic heterocycles. The Morgan fingerprint density at radius 3 is 2.65 bits per heavy atom. The van der Waals surface area contributed by atoms with Gasteiger partial charge in [-0.25, -0.2) is 9.97 Å². The van der Waals surface area contributed by atoms with Crippen molar-refractivity contribution in [2.24, 2.45) is 0 Å². The van der Waals surface area contributed by atoms with E-state index in [1.165, 1.54) is 11.1 Å². The van der Waals surface area contributed by atoms with Crippen LogP contribution in [0.2, 0.25) is 0 Å². The smallest absolute Gasteiger partial charge is 0.205 e. The molecule has 0 aliphatic heterocycles. The van der Waals surface area contributed by atoms with Crippen LogP contribution < -0.4 is 0 Å². The van der Waals surface area contributed by atoms with Gasteiger partial charge < -0.3 is 0 Å². The lowest BCUT2D eigenvalue weighted by atomic mass is 10.1. The molecule has 1 aromatic carbocycles. The van der Waals surface area contributed by atoms with E-state index < -0.39 is 0 Å². The van der Waals surface area contributed by atoms with E-state index in [1.807, 2.05) is 12.1 Å². The monoisotopic (exact) mass is 262 g/mol. The molecule has 0 saturated heterocycles. The molecule has 2 nitrogen and oxygen atoms in total. The Morgan fingerprint density at radius 2 is 1.90 bits per heavy atom. The van der Waals surface area contributed by atoms with Gasteiger partial charge in [0.25, 0.3) is 0 Å². The standard InChI is InChI=1S/C18H18N2/c1-15(2)6-3-7-16-8-4-9-17(14-16)10-11-18-19-12-5-13-20-18/h4-6,8-9,12-14H,3,7H2,1-2H3. The van der Waals surface area contributed by atoms with Gasteiger partial charge in [-0.15, -0.1) is 0 Å². The highest BCUT2D eigenvalue weighted by atomic mass is 14.8. The lowest BCUT2D eigenvalue weighted by molar-refractivity contribution is 0.988. The first kappa shape index (κ1) is 14.0. The van der Waals surface area contributed by atoms with E-state index in [1.54, 1.807) is 18.5 Å². The molecule has 0 bridgehead atoms. The van der Waals surface area contributed by atoms with Crippen molar-refractivity contribution >= 4 is 0 Å². The van der Waals surface area contributed by atoms with Gasteiger partial charge in [0.1, 0.15) is 0 Å². The SMILES string of the molecule is CC(C)=CCCc1cccc(C#Cc2ncccn2)c1. The number of benzene rings is 1. The van der Waals surface area contributed by atoms with Crippen LogP contribution in [0.5, 0.6) is 0 Å². The Bertz CT molecular complexity index is 642. The molecular formula is C18H18N2. The molecule has 2 heteroatoms. The minimum Gasteiger partial charge on any atom is -0.229 e. The molecule has 20 heavy (non-hydrogen) atoms. The van der Waals surface area contributed by atoms with E-state index in [0.29, 0.717) is 5.82 Å². The van der Waals surface area contributed by atoms with Crippen molar-refractivity contribution in [3.8, 4) is 11.8 Å². The molecular weight excluding hydrogens is 244 g/mol. The minimum absolute atomic E-state index is 0.558. The number of aryl methyl sites for hydroxylation is 1. The summed E-state index contributed by atoms with van der Waals surface area (Å²) in [7, 11) is 0. The fraction of sp³-hybridized carbons (Fsp3) is 0.222. The largest absolute Gasteiger partial charge is 0.229 e. The number of hydrogen-bond donors (Lipinski definition) is 0. The topological polar surface area (TPSA) is 25.8 Å². The zero-order chi connectivity index (χ0) is 14.2. The van der Waals surface area contributed by atoms with E-state index in [0.717, 1.165) is 18.4 Å². The summed E-state index contributed by atoms with van der Waals surface area (Å²) in [6.45, 7) is 4.25. The maximum atomic E-state index is 4.09. The molecule has 2 rings (SSSR count). The number of nitrogens with zero attached hydrogens (tertiary/aromatic N) is 2. The van der Waals surface area contributed by atoms with E-state index >= 15 is 0 Å². The first-order valence-electron chi connectivity index (χ1n) is 6.75. The van der Waals surface area contributed by atoms with E-state index in [9.17, 15) is 0 Å². The van der Waals surface area contributed by atoms with Gasteiger partial charge in [0.05, 0.1) is 0 Å². The maximum Gasteiger partial charge on any atom is 0.205 e. The highest BCUT2D eigenvalue weighted by Gasteiger charge is 1.94. The van der Waals surface area contributed by atoms with Crippen molar-refractivity contribution in [3.63, 3.8) is 0 Å². The quantitative estimate of drug-likeness (QED) is 0.621. The van der Waals surface area contributed by atoms with Crippen LogP contribution in [0.4, 0.5) is 0 Å². The van der Waals surface area contributed by atoms with E-state index in [-0.39, 0.29) is 0 Å². The predicted molar refractivity (Wildman–Crippen MR) is 82.2 cm³/mol. The zero-order valence-corrected chi connectivity index (χ0v) is 11.9. The maximum absolute atomic E-state index is 4.09. The highest BCUT2D eigenvalue weighted by Crippen LogP contribution is 2.08. The van der Waals surface area contributed by atoms with Crippen LogP contribution in [0.3, 0.4) is 0 Å². The van der Waals surface area contributed by atoms with Gasteiger partial charge >= 0.3 is 0 Å². The molecule has 0 aliphatic carbocycles. The first-order valence-corrected chi connectivity index (χ1v) is 6.75. The molecule has 0 saturated carbocycles. The summed E-state index contributed by atoms with van der Waals surface area (Å²) in [4.78, 5) is 8.19. The van der Waals surface area contributed by atoms with Gasteiger partial charge in [-0.3, -0.25) is 0 Å². The fourth-order valence-electron chi connectivity index (χ4n) is 1.82. The molecule has 0 aliphatic rings. The fourth-order valence-corrected chi connectivity index (χ4v) is 1.82. The number of rotatable bonds is 3. The number of hydrogen-bond acceptors (Lipinski definition) is 2. The number of aromatic nitrogens is 2. The second kappa shape index (κ2) is 7.25.